The number of aromatic nitrogens is 3. The maximum atomic E-state index is 12.3. The van der Waals surface area contributed by atoms with Gasteiger partial charge in [-0.25, -0.2) is 0 Å². The topological polar surface area (TPSA) is 73.0 Å². The number of nitrogens with zero attached hydrogens (tertiary/aromatic N) is 3. The second-order valence-electron chi connectivity index (χ2n) is 6.45. The van der Waals surface area contributed by atoms with E-state index in [-0.39, 0.29) is 11.7 Å². The Balaban J connectivity index is 1.46. The third-order valence-corrected chi connectivity index (χ3v) is 6.08. The Hall–Kier alpha value is -2.29. The van der Waals surface area contributed by atoms with Crippen LogP contribution in [0.1, 0.15) is 5.56 Å². The quantitative estimate of drug-likeness (QED) is 0.363. The first kappa shape index (κ1) is 20.0. The molecule has 6 nitrogen and oxygen atoms in total. The standard InChI is InChI=1S/C20H16BrClN4O2S/c1-11-7-14(22)4-5-15(11)23-18(27)10-29-20-25-24-19(26(20)2)17-9-12-8-13(21)3-6-16(12)28-17/h3-9H,10H2,1-2H3,(H,23,27). The predicted octanol–water partition coefficient (Wildman–Crippen LogP) is 5.68. The Morgan fingerprint density at radius 2 is 2.07 bits per heavy atom. The van der Waals surface area contributed by atoms with Gasteiger partial charge >= 0.3 is 0 Å². The summed E-state index contributed by atoms with van der Waals surface area (Å²) < 4.78 is 8.68. The Kier molecular flexibility index (Phi) is 5.67. The fraction of sp³-hybridized carbons (Fsp3) is 0.150. The number of carbonyl (C=O) groups is 1. The highest BCUT2D eigenvalue weighted by Gasteiger charge is 2.17. The lowest BCUT2D eigenvalue weighted by molar-refractivity contribution is -0.113. The van der Waals surface area contributed by atoms with Crippen molar-refractivity contribution in [2.75, 3.05) is 11.1 Å². The van der Waals surface area contributed by atoms with Gasteiger partial charge in [0.1, 0.15) is 5.58 Å². The van der Waals surface area contributed by atoms with Crippen molar-refractivity contribution in [3.63, 3.8) is 0 Å². The number of fused-ring (bicyclic) bond motifs is 1. The van der Waals surface area contributed by atoms with E-state index in [0.29, 0.717) is 21.8 Å². The third kappa shape index (κ3) is 4.34. The number of rotatable bonds is 5. The molecule has 0 fully saturated rings. The molecule has 2 aromatic carbocycles. The normalized spacial score (nSPS) is 11.2. The zero-order valence-corrected chi connectivity index (χ0v) is 18.7. The smallest absolute Gasteiger partial charge is 0.234 e. The number of carbonyl (C=O) groups excluding carboxylic acids is 1. The lowest BCUT2D eigenvalue weighted by Gasteiger charge is -2.08. The molecule has 0 saturated carbocycles. The number of anilines is 1. The number of hydrogen-bond acceptors (Lipinski definition) is 5. The average molecular weight is 492 g/mol. The predicted molar refractivity (Wildman–Crippen MR) is 119 cm³/mol. The minimum absolute atomic E-state index is 0.126. The molecule has 0 aliphatic rings. The molecule has 0 aliphatic carbocycles. The van der Waals surface area contributed by atoms with Gasteiger partial charge in [0.05, 0.1) is 5.75 Å². The summed E-state index contributed by atoms with van der Waals surface area (Å²) in [5, 5.41) is 13.6. The first-order chi connectivity index (χ1) is 13.9. The zero-order valence-electron chi connectivity index (χ0n) is 15.6. The van der Waals surface area contributed by atoms with Crippen LogP contribution < -0.4 is 5.32 Å². The number of benzene rings is 2. The molecule has 1 N–H and O–H groups in total. The molecular weight excluding hydrogens is 476 g/mol. The Bertz CT molecular complexity index is 1220. The van der Waals surface area contributed by atoms with Crippen molar-refractivity contribution >= 4 is 61.9 Å². The molecule has 2 aromatic heterocycles. The number of amides is 1. The number of aryl methyl sites for hydroxylation is 1. The van der Waals surface area contributed by atoms with Crippen LogP contribution in [0.4, 0.5) is 5.69 Å². The second kappa shape index (κ2) is 8.22. The monoisotopic (exact) mass is 490 g/mol. The van der Waals surface area contributed by atoms with Crippen molar-refractivity contribution in [3.8, 4) is 11.6 Å². The van der Waals surface area contributed by atoms with Gasteiger partial charge in [-0.3, -0.25) is 4.79 Å². The van der Waals surface area contributed by atoms with Crippen LogP contribution in [-0.2, 0) is 11.8 Å². The number of hydrogen-bond donors (Lipinski definition) is 1. The summed E-state index contributed by atoms with van der Waals surface area (Å²) in [6.07, 6.45) is 0. The molecule has 2 heterocycles. The molecule has 0 bridgehead atoms. The average Bonchev–Trinajstić information content (AvgIpc) is 3.25. The van der Waals surface area contributed by atoms with Gasteiger partial charge in [-0.15, -0.1) is 10.2 Å². The number of halogens is 2. The van der Waals surface area contributed by atoms with Crippen LogP contribution in [0, 0.1) is 6.92 Å². The third-order valence-electron chi connectivity index (χ3n) is 4.33. The highest BCUT2D eigenvalue weighted by Crippen LogP contribution is 2.30. The summed E-state index contributed by atoms with van der Waals surface area (Å²) in [5.74, 6) is 1.31. The van der Waals surface area contributed by atoms with Crippen molar-refractivity contribution in [1.29, 1.82) is 0 Å². The minimum Gasteiger partial charge on any atom is -0.453 e. The molecule has 148 valence electrons. The number of thioether (sulfide) groups is 1. The van der Waals surface area contributed by atoms with E-state index in [9.17, 15) is 4.79 Å². The van der Waals surface area contributed by atoms with Crippen molar-refractivity contribution in [1.82, 2.24) is 14.8 Å². The summed E-state index contributed by atoms with van der Waals surface area (Å²) in [5.41, 5.74) is 2.43. The van der Waals surface area contributed by atoms with Crippen LogP contribution in [0.25, 0.3) is 22.6 Å². The molecule has 0 saturated heterocycles. The van der Waals surface area contributed by atoms with E-state index in [2.05, 4.69) is 31.4 Å². The van der Waals surface area contributed by atoms with Gasteiger partial charge in [0, 0.05) is 27.6 Å². The largest absolute Gasteiger partial charge is 0.453 e. The van der Waals surface area contributed by atoms with Crippen molar-refractivity contribution in [3.05, 3.63) is 57.5 Å². The maximum Gasteiger partial charge on any atom is 0.234 e. The lowest BCUT2D eigenvalue weighted by atomic mass is 10.2. The summed E-state index contributed by atoms with van der Waals surface area (Å²) in [4.78, 5) is 12.3. The number of furan rings is 1. The van der Waals surface area contributed by atoms with E-state index >= 15 is 0 Å². The first-order valence-corrected chi connectivity index (χ1v) is 10.8. The fourth-order valence-corrected chi connectivity index (χ4v) is 4.18. The summed E-state index contributed by atoms with van der Waals surface area (Å²) in [7, 11) is 1.85. The number of nitrogens with one attached hydrogen (secondary N) is 1. The van der Waals surface area contributed by atoms with E-state index in [4.69, 9.17) is 16.0 Å². The van der Waals surface area contributed by atoms with Gasteiger partial charge in [0.25, 0.3) is 0 Å². The van der Waals surface area contributed by atoms with Gasteiger partial charge in [-0.05, 0) is 55.0 Å². The molecule has 0 radical (unpaired) electrons. The van der Waals surface area contributed by atoms with Crippen molar-refractivity contribution in [2.24, 2.45) is 7.05 Å². The molecule has 1 amide bonds. The van der Waals surface area contributed by atoms with Crippen molar-refractivity contribution < 1.29 is 9.21 Å². The molecule has 29 heavy (non-hydrogen) atoms. The van der Waals surface area contributed by atoms with Gasteiger partial charge in [-0.1, -0.05) is 39.3 Å². The summed E-state index contributed by atoms with van der Waals surface area (Å²) in [6, 6.07) is 13.1. The fourth-order valence-electron chi connectivity index (χ4n) is 2.86. The Morgan fingerprint density at radius 1 is 1.24 bits per heavy atom. The zero-order chi connectivity index (χ0) is 20.5. The molecule has 0 atom stereocenters. The van der Waals surface area contributed by atoms with Crippen LogP contribution >= 0.6 is 39.3 Å². The Morgan fingerprint density at radius 3 is 2.86 bits per heavy atom. The minimum atomic E-state index is -0.126. The highest BCUT2D eigenvalue weighted by molar-refractivity contribution is 9.10. The first-order valence-electron chi connectivity index (χ1n) is 8.68. The van der Waals surface area contributed by atoms with Gasteiger partial charge in [-0.2, -0.15) is 0 Å². The lowest BCUT2D eigenvalue weighted by Crippen LogP contribution is -2.15. The maximum absolute atomic E-state index is 12.3. The van der Waals surface area contributed by atoms with Crippen LogP contribution in [0.15, 0.2) is 56.5 Å². The molecule has 0 unspecified atom stereocenters. The van der Waals surface area contributed by atoms with Gasteiger partial charge < -0.3 is 14.3 Å². The van der Waals surface area contributed by atoms with E-state index in [0.717, 1.165) is 26.7 Å². The summed E-state index contributed by atoms with van der Waals surface area (Å²) >= 11 is 10.7. The van der Waals surface area contributed by atoms with E-state index < -0.39 is 0 Å². The van der Waals surface area contributed by atoms with Crippen molar-refractivity contribution in [2.45, 2.75) is 12.1 Å². The van der Waals surface area contributed by atoms with Crippen LogP contribution in [0.3, 0.4) is 0 Å². The SMILES string of the molecule is Cc1cc(Cl)ccc1NC(=O)CSc1nnc(-c2cc3cc(Br)ccc3o2)n1C. The van der Waals surface area contributed by atoms with E-state index in [1.54, 1.807) is 12.1 Å². The van der Waals surface area contributed by atoms with Gasteiger partial charge in [0.2, 0.25) is 5.91 Å². The van der Waals surface area contributed by atoms with Crippen LogP contribution in [0.2, 0.25) is 5.02 Å². The van der Waals surface area contributed by atoms with Crippen LogP contribution in [0.5, 0.6) is 0 Å². The molecule has 0 aliphatic heterocycles. The van der Waals surface area contributed by atoms with Crippen LogP contribution in [-0.4, -0.2) is 26.4 Å². The Labute approximate surface area is 184 Å². The molecular formula is C20H16BrClN4O2S. The molecule has 9 heteroatoms. The van der Waals surface area contributed by atoms with Gasteiger partial charge in [0.15, 0.2) is 16.7 Å². The van der Waals surface area contributed by atoms with E-state index in [1.807, 2.05) is 48.9 Å². The highest BCUT2D eigenvalue weighted by atomic mass is 79.9. The molecule has 4 aromatic rings. The summed E-state index contributed by atoms with van der Waals surface area (Å²) in [6.45, 7) is 1.90. The molecule has 0 spiro atoms. The van der Waals surface area contributed by atoms with E-state index in [1.165, 1.54) is 11.8 Å². The molecule has 4 rings (SSSR count). The second-order valence-corrected chi connectivity index (χ2v) is 8.75.